The van der Waals surface area contributed by atoms with E-state index in [1.165, 1.54) is 0 Å². The Morgan fingerprint density at radius 3 is 2.16 bits per heavy atom. The van der Waals surface area contributed by atoms with Crippen molar-refractivity contribution in [2.45, 2.75) is 27.2 Å². The monoisotopic (exact) mass is 262 g/mol. The van der Waals surface area contributed by atoms with Gasteiger partial charge in [0.2, 0.25) is 5.91 Å². The van der Waals surface area contributed by atoms with Crippen LogP contribution in [0.4, 0.5) is 5.69 Å². The Hall–Kier alpha value is -1.84. The zero-order valence-corrected chi connectivity index (χ0v) is 11.9. The molecule has 0 atom stereocenters. The van der Waals surface area contributed by atoms with Gasteiger partial charge in [-0.2, -0.15) is 0 Å². The molecule has 0 saturated heterocycles. The van der Waals surface area contributed by atoms with Crippen LogP contribution in [0.15, 0.2) is 24.3 Å². The maximum atomic E-state index is 11.8. The third kappa shape index (κ3) is 4.73. The number of hydrogen-bond donors (Lipinski definition) is 1. The van der Waals surface area contributed by atoms with Gasteiger partial charge in [-0.3, -0.25) is 9.59 Å². The Morgan fingerprint density at radius 2 is 1.68 bits per heavy atom. The highest BCUT2D eigenvalue weighted by Gasteiger charge is 2.08. The second-order valence-corrected chi connectivity index (χ2v) is 4.38. The van der Waals surface area contributed by atoms with E-state index in [-0.39, 0.29) is 11.7 Å². The van der Waals surface area contributed by atoms with Crippen LogP contribution in [0.3, 0.4) is 0 Å². The lowest BCUT2D eigenvalue weighted by atomic mass is 10.1. The normalized spacial score (nSPS) is 10.1. The van der Waals surface area contributed by atoms with E-state index < -0.39 is 0 Å². The molecule has 4 heteroatoms. The van der Waals surface area contributed by atoms with Crippen molar-refractivity contribution in [2.75, 3.05) is 25.0 Å². The lowest BCUT2D eigenvalue weighted by Gasteiger charge is -2.18. The van der Waals surface area contributed by atoms with Gasteiger partial charge < -0.3 is 10.2 Å². The van der Waals surface area contributed by atoms with Crippen molar-refractivity contribution < 1.29 is 9.59 Å². The second kappa shape index (κ2) is 7.56. The predicted octanol–water partition coefficient (Wildman–Crippen LogP) is 2.56. The number of carbonyl (C=O) groups excluding carboxylic acids is 2. The van der Waals surface area contributed by atoms with E-state index in [2.05, 4.69) is 5.32 Å². The zero-order valence-electron chi connectivity index (χ0n) is 11.9. The van der Waals surface area contributed by atoms with Gasteiger partial charge in [-0.25, -0.2) is 0 Å². The summed E-state index contributed by atoms with van der Waals surface area (Å²) in [4.78, 5) is 24.7. The molecule has 0 aliphatic rings. The Labute approximate surface area is 114 Å². The van der Waals surface area contributed by atoms with Crippen molar-refractivity contribution >= 4 is 17.4 Å². The number of rotatable bonds is 7. The standard InChI is InChI=1S/C15H22N2O2/c1-4-17(5-2)15(19)10-11-16-14-8-6-13(7-9-14)12(3)18/h6-9,16H,4-5,10-11H2,1-3H3. The molecule has 0 aliphatic heterocycles. The van der Waals surface area contributed by atoms with Crippen LogP contribution >= 0.6 is 0 Å². The number of amides is 1. The molecule has 0 radical (unpaired) electrons. The number of nitrogens with one attached hydrogen (secondary N) is 1. The van der Waals surface area contributed by atoms with Gasteiger partial charge in [0.15, 0.2) is 5.78 Å². The lowest BCUT2D eigenvalue weighted by Crippen LogP contribution is -2.31. The van der Waals surface area contributed by atoms with E-state index in [0.29, 0.717) is 18.5 Å². The topological polar surface area (TPSA) is 49.4 Å². The molecule has 0 spiro atoms. The summed E-state index contributed by atoms with van der Waals surface area (Å²) in [6.45, 7) is 7.62. The first-order valence-electron chi connectivity index (χ1n) is 6.71. The van der Waals surface area contributed by atoms with Gasteiger partial charge in [0, 0.05) is 37.3 Å². The largest absolute Gasteiger partial charge is 0.385 e. The van der Waals surface area contributed by atoms with E-state index >= 15 is 0 Å². The molecule has 0 aromatic heterocycles. The van der Waals surface area contributed by atoms with Gasteiger partial charge in [-0.1, -0.05) is 0 Å². The van der Waals surface area contributed by atoms with E-state index in [9.17, 15) is 9.59 Å². The molecule has 1 aromatic rings. The predicted molar refractivity (Wildman–Crippen MR) is 77.5 cm³/mol. The average Bonchev–Trinajstić information content (AvgIpc) is 2.40. The van der Waals surface area contributed by atoms with Crippen molar-refractivity contribution in [3.05, 3.63) is 29.8 Å². The quantitative estimate of drug-likeness (QED) is 0.768. The fourth-order valence-electron chi connectivity index (χ4n) is 1.87. The van der Waals surface area contributed by atoms with Crippen molar-refractivity contribution in [3.63, 3.8) is 0 Å². The second-order valence-electron chi connectivity index (χ2n) is 4.38. The summed E-state index contributed by atoms with van der Waals surface area (Å²) < 4.78 is 0. The van der Waals surface area contributed by atoms with Gasteiger partial charge in [0.25, 0.3) is 0 Å². The summed E-state index contributed by atoms with van der Waals surface area (Å²) in [5.41, 5.74) is 1.63. The summed E-state index contributed by atoms with van der Waals surface area (Å²) in [5, 5.41) is 3.19. The van der Waals surface area contributed by atoms with Crippen molar-refractivity contribution in [2.24, 2.45) is 0 Å². The highest BCUT2D eigenvalue weighted by Crippen LogP contribution is 2.10. The minimum absolute atomic E-state index is 0.0586. The third-order valence-electron chi connectivity index (χ3n) is 3.08. The first-order chi connectivity index (χ1) is 9.08. The van der Waals surface area contributed by atoms with Crippen molar-refractivity contribution in [1.29, 1.82) is 0 Å². The molecular formula is C15H22N2O2. The molecule has 1 rings (SSSR count). The Balaban J connectivity index is 2.41. The average molecular weight is 262 g/mol. The summed E-state index contributed by atoms with van der Waals surface area (Å²) in [6.07, 6.45) is 0.482. The van der Waals surface area contributed by atoms with Crippen LogP contribution in [-0.4, -0.2) is 36.2 Å². The smallest absolute Gasteiger partial charge is 0.224 e. The van der Waals surface area contributed by atoms with E-state index in [1.54, 1.807) is 19.1 Å². The first-order valence-corrected chi connectivity index (χ1v) is 6.71. The highest BCUT2D eigenvalue weighted by molar-refractivity contribution is 5.94. The molecule has 0 heterocycles. The van der Waals surface area contributed by atoms with E-state index in [4.69, 9.17) is 0 Å². The minimum atomic E-state index is 0.0586. The maximum absolute atomic E-state index is 11.8. The molecule has 1 amide bonds. The Morgan fingerprint density at radius 1 is 1.11 bits per heavy atom. The first kappa shape index (κ1) is 15.2. The minimum Gasteiger partial charge on any atom is -0.385 e. The molecule has 1 N–H and O–H groups in total. The number of carbonyl (C=O) groups is 2. The molecule has 0 fully saturated rings. The summed E-state index contributed by atoms with van der Waals surface area (Å²) in [6, 6.07) is 7.30. The van der Waals surface area contributed by atoms with Crippen LogP contribution in [0.1, 0.15) is 37.6 Å². The fraction of sp³-hybridized carbons (Fsp3) is 0.467. The Bertz CT molecular complexity index is 422. The number of Topliss-reactive ketones (excluding diaryl/α,β-unsaturated/α-hetero) is 1. The summed E-state index contributed by atoms with van der Waals surface area (Å²) >= 11 is 0. The van der Waals surface area contributed by atoms with Gasteiger partial charge in [0.05, 0.1) is 0 Å². The molecule has 104 valence electrons. The van der Waals surface area contributed by atoms with Crippen molar-refractivity contribution in [3.8, 4) is 0 Å². The van der Waals surface area contributed by atoms with E-state index in [1.807, 2.05) is 30.9 Å². The van der Waals surface area contributed by atoms with Crippen LogP contribution in [0.25, 0.3) is 0 Å². The third-order valence-corrected chi connectivity index (χ3v) is 3.08. The van der Waals surface area contributed by atoms with Crippen LogP contribution in [-0.2, 0) is 4.79 Å². The summed E-state index contributed by atoms with van der Waals surface area (Å²) in [7, 11) is 0. The fourth-order valence-corrected chi connectivity index (χ4v) is 1.87. The van der Waals surface area contributed by atoms with Crippen LogP contribution in [0.2, 0.25) is 0 Å². The van der Waals surface area contributed by atoms with Crippen LogP contribution in [0.5, 0.6) is 0 Å². The number of benzene rings is 1. The Kier molecular flexibility index (Phi) is 6.06. The summed E-state index contributed by atoms with van der Waals surface area (Å²) in [5.74, 6) is 0.223. The van der Waals surface area contributed by atoms with Crippen LogP contribution in [0, 0.1) is 0 Å². The maximum Gasteiger partial charge on any atom is 0.224 e. The molecule has 0 saturated carbocycles. The van der Waals surface area contributed by atoms with E-state index in [0.717, 1.165) is 18.8 Å². The molecular weight excluding hydrogens is 240 g/mol. The molecule has 19 heavy (non-hydrogen) atoms. The lowest BCUT2D eigenvalue weighted by molar-refractivity contribution is -0.130. The zero-order chi connectivity index (χ0) is 14.3. The number of anilines is 1. The SMILES string of the molecule is CCN(CC)C(=O)CCNc1ccc(C(C)=O)cc1. The van der Waals surface area contributed by atoms with Gasteiger partial charge in [0.1, 0.15) is 0 Å². The van der Waals surface area contributed by atoms with Crippen LogP contribution < -0.4 is 5.32 Å². The number of nitrogens with zero attached hydrogens (tertiary/aromatic N) is 1. The molecule has 4 nitrogen and oxygen atoms in total. The molecule has 0 unspecified atom stereocenters. The number of hydrogen-bond acceptors (Lipinski definition) is 3. The van der Waals surface area contributed by atoms with Gasteiger partial charge >= 0.3 is 0 Å². The molecule has 1 aromatic carbocycles. The van der Waals surface area contributed by atoms with Crippen molar-refractivity contribution in [1.82, 2.24) is 4.90 Å². The number of ketones is 1. The highest BCUT2D eigenvalue weighted by atomic mass is 16.2. The molecule has 0 aliphatic carbocycles. The molecule has 0 bridgehead atoms. The van der Waals surface area contributed by atoms with Gasteiger partial charge in [-0.05, 0) is 45.0 Å². The van der Waals surface area contributed by atoms with Gasteiger partial charge in [-0.15, -0.1) is 0 Å².